The van der Waals surface area contributed by atoms with Crippen LogP contribution in [0.4, 0.5) is 5.69 Å². The Kier molecular flexibility index (Phi) is 7.12. The van der Waals surface area contributed by atoms with Crippen molar-refractivity contribution < 1.29 is 9.84 Å². The van der Waals surface area contributed by atoms with Crippen LogP contribution in [0, 0.1) is 0 Å². The molecular weight excluding hydrogens is 278 g/mol. The molecule has 124 valence electrons. The van der Waals surface area contributed by atoms with E-state index in [2.05, 4.69) is 53.1 Å². The number of benzene rings is 1. The van der Waals surface area contributed by atoms with Gasteiger partial charge in [0.2, 0.25) is 0 Å². The fourth-order valence-corrected chi connectivity index (χ4v) is 2.84. The maximum absolute atomic E-state index is 9.34. The maximum atomic E-state index is 9.34. The Labute approximate surface area is 134 Å². The molecule has 0 aromatic heterocycles. The van der Waals surface area contributed by atoms with Crippen LogP contribution in [0.15, 0.2) is 24.3 Å². The third-order valence-electron chi connectivity index (χ3n) is 4.12. The molecule has 1 heterocycles. The number of rotatable bonds is 8. The highest BCUT2D eigenvalue weighted by molar-refractivity contribution is 5.52. The summed E-state index contributed by atoms with van der Waals surface area (Å²) in [5.41, 5.74) is 2.56. The molecule has 0 spiro atoms. The van der Waals surface area contributed by atoms with Crippen molar-refractivity contribution in [3.05, 3.63) is 29.8 Å². The van der Waals surface area contributed by atoms with Gasteiger partial charge in [0.15, 0.2) is 0 Å². The number of hydrogen-bond acceptors (Lipinski definition) is 5. The van der Waals surface area contributed by atoms with Crippen LogP contribution in [0.5, 0.6) is 0 Å². The number of para-hydroxylation sites is 1. The van der Waals surface area contributed by atoms with Crippen LogP contribution in [0.25, 0.3) is 0 Å². The largest absolute Gasteiger partial charge is 0.395 e. The summed E-state index contributed by atoms with van der Waals surface area (Å²) < 4.78 is 5.39. The van der Waals surface area contributed by atoms with Gasteiger partial charge < -0.3 is 14.7 Å². The number of aliphatic hydroxyl groups is 1. The quantitative estimate of drug-likeness (QED) is 0.772. The Morgan fingerprint density at radius 1 is 1.14 bits per heavy atom. The minimum absolute atomic E-state index is 0.202. The summed E-state index contributed by atoms with van der Waals surface area (Å²) in [6.45, 7) is 7.50. The minimum atomic E-state index is 0.202. The van der Waals surface area contributed by atoms with Gasteiger partial charge >= 0.3 is 0 Å². The average molecular weight is 307 g/mol. The highest BCUT2D eigenvalue weighted by Gasteiger charge is 2.14. The van der Waals surface area contributed by atoms with Crippen molar-refractivity contribution in [3.63, 3.8) is 0 Å². The molecule has 0 amide bonds. The predicted octanol–water partition coefficient (Wildman–Crippen LogP) is 0.879. The van der Waals surface area contributed by atoms with E-state index in [1.165, 1.54) is 11.3 Å². The van der Waals surface area contributed by atoms with E-state index in [9.17, 15) is 5.11 Å². The highest BCUT2D eigenvalue weighted by atomic mass is 16.5. The molecule has 22 heavy (non-hydrogen) atoms. The second kappa shape index (κ2) is 9.10. The number of ether oxygens (including phenoxy) is 1. The first-order valence-corrected chi connectivity index (χ1v) is 8.09. The Hall–Kier alpha value is -1.14. The van der Waals surface area contributed by atoms with Crippen LogP contribution in [0.2, 0.25) is 0 Å². The zero-order valence-corrected chi connectivity index (χ0v) is 13.9. The van der Waals surface area contributed by atoms with Gasteiger partial charge in [-0.05, 0) is 11.6 Å². The van der Waals surface area contributed by atoms with Gasteiger partial charge in [0.05, 0.1) is 19.8 Å². The van der Waals surface area contributed by atoms with Crippen molar-refractivity contribution in [3.8, 4) is 0 Å². The molecular formula is C17H29N3O2. The lowest BCUT2D eigenvalue weighted by molar-refractivity contribution is 0.0320. The second-order valence-electron chi connectivity index (χ2n) is 5.98. The lowest BCUT2D eigenvalue weighted by Gasteiger charge is -2.30. The monoisotopic (exact) mass is 307 g/mol. The molecule has 1 aliphatic heterocycles. The molecule has 1 aliphatic rings. The zero-order valence-electron chi connectivity index (χ0n) is 13.9. The van der Waals surface area contributed by atoms with E-state index < -0.39 is 0 Å². The molecule has 0 unspecified atom stereocenters. The summed E-state index contributed by atoms with van der Waals surface area (Å²) in [5.74, 6) is 0. The number of morpholine rings is 1. The van der Waals surface area contributed by atoms with Crippen molar-refractivity contribution in [2.45, 2.75) is 6.54 Å². The minimum Gasteiger partial charge on any atom is -0.395 e. The van der Waals surface area contributed by atoms with Crippen molar-refractivity contribution >= 4 is 5.69 Å². The van der Waals surface area contributed by atoms with Gasteiger partial charge in [0.1, 0.15) is 0 Å². The van der Waals surface area contributed by atoms with E-state index in [0.29, 0.717) is 6.54 Å². The van der Waals surface area contributed by atoms with E-state index in [1.807, 2.05) is 0 Å². The summed E-state index contributed by atoms with van der Waals surface area (Å²) in [6.07, 6.45) is 0. The van der Waals surface area contributed by atoms with E-state index in [1.54, 1.807) is 0 Å². The molecule has 5 nitrogen and oxygen atoms in total. The third kappa shape index (κ3) is 5.25. The normalized spacial score (nSPS) is 16.2. The van der Waals surface area contributed by atoms with E-state index in [4.69, 9.17) is 4.74 Å². The number of aliphatic hydroxyl groups excluding tert-OH is 1. The zero-order chi connectivity index (χ0) is 15.8. The topological polar surface area (TPSA) is 39.2 Å². The predicted molar refractivity (Wildman–Crippen MR) is 90.4 cm³/mol. The molecule has 1 aromatic carbocycles. The molecule has 0 bridgehead atoms. The first-order valence-electron chi connectivity index (χ1n) is 8.09. The third-order valence-corrected chi connectivity index (χ3v) is 4.12. The average Bonchev–Trinajstić information content (AvgIpc) is 2.54. The van der Waals surface area contributed by atoms with E-state index in [0.717, 1.165) is 45.9 Å². The van der Waals surface area contributed by atoms with Crippen molar-refractivity contribution in [1.29, 1.82) is 0 Å². The van der Waals surface area contributed by atoms with Crippen LogP contribution >= 0.6 is 0 Å². The van der Waals surface area contributed by atoms with Crippen molar-refractivity contribution in [2.75, 3.05) is 71.5 Å². The fourth-order valence-electron chi connectivity index (χ4n) is 2.84. The molecule has 2 rings (SSSR count). The Morgan fingerprint density at radius 3 is 2.55 bits per heavy atom. The van der Waals surface area contributed by atoms with Gasteiger partial charge in [-0.1, -0.05) is 18.2 Å². The van der Waals surface area contributed by atoms with Gasteiger partial charge in [-0.25, -0.2) is 0 Å². The lowest BCUT2D eigenvalue weighted by atomic mass is 10.1. The van der Waals surface area contributed by atoms with Crippen LogP contribution in [-0.2, 0) is 11.3 Å². The summed E-state index contributed by atoms with van der Waals surface area (Å²) in [5, 5.41) is 9.34. The standard InChI is InChI=1S/C17H29N3O2/c1-18(2)17-6-4-3-5-16(17)15-20(9-12-21)8-7-19-10-13-22-14-11-19/h3-6,21H,7-15H2,1-2H3. The first kappa shape index (κ1) is 17.2. The van der Waals surface area contributed by atoms with Crippen LogP contribution < -0.4 is 4.90 Å². The molecule has 1 fully saturated rings. The molecule has 0 atom stereocenters. The van der Waals surface area contributed by atoms with Crippen LogP contribution in [0.3, 0.4) is 0 Å². The molecule has 1 N–H and O–H groups in total. The van der Waals surface area contributed by atoms with Gasteiger partial charge in [-0.15, -0.1) is 0 Å². The highest BCUT2D eigenvalue weighted by Crippen LogP contribution is 2.19. The summed E-state index contributed by atoms with van der Waals surface area (Å²) in [7, 11) is 4.14. The Morgan fingerprint density at radius 2 is 1.86 bits per heavy atom. The second-order valence-corrected chi connectivity index (χ2v) is 5.98. The molecule has 5 heteroatoms. The maximum Gasteiger partial charge on any atom is 0.0594 e. The Bertz CT molecular complexity index is 434. The number of nitrogens with zero attached hydrogens (tertiary/aromatic N) is 3. The molecule has 1 aromatic rings. The SMILES string of the molecule is CN(C)c1ccccc1CN(CCO)CCN1CCOCC1. The van der Waals surface area contributed by atoms with Crippen LogP contribution in [0.1, 0.15) is 5.56 Å². The number of hydrogen-bond donors (Lipinski definition) is 1. The van der Waals surface area contributed by atoms with Gasteiger partial charge in [0, 0.05) is 59.1 Å². The summed E-state index contributed by atoms with van der Waals surface area (Å²) >= 11 is 0. The van der Waals surface area contributed by atoms with Crippen molar-refractivity contribution in [2.24, 2.45) is 0 Å². The molecule has 0 aliphatic carbocycles. The van der Waals surface area contributed by atoms with Gasteiger partial charge in [-0.2, -0.15) is 0 Å². The fraction of sp³-hybridized carbons (Fsp3) is 0.647. The Balaban J connectivity index is 1.93. The van der Waals surface area contributed by atoms with Crippen LogP contribution in [-0.4, -0.2) is 81.5 Å². The smallest absolute Gasteiger partial charge is 0.0594 e. The van der Waals surface area contributed by atoms with Gasteiger partial charge in [0.25, 0.3) is 0 Å². The summed E-state index contributed by atoms with van der Waals surface area (Å²) in [4.78, 5) is 6.91. The number of anilines is 1. The van der Waals surface area contributed by atoms with E-state index >= 15 is 0 Å². The lowest BCUT2D eigenvalue weighted by Crippen LogP contribution is -2.42. The van der Waals surface area contributed by atoms with E-state index in [-0.39, 0.29) is 6.61 Å². The molecule has 0 radical (unpaired) electrons. The van der Waals surface area contributed by atoms with Gasteiger partial charge in [-0.3, -0.25) is 9.80 Å². The molecule has 1 saturated heterocycles. The summed E-state index contributed by atoms with van der Waals surface area (Å²) in [6, 6.07) is 8.48. The first-order chi connectivity index (χ1) is 10.7. The van der Waals surface area contributed by atoms with Crippen molar-refractivity contribution in [1.82, 2.24) is 9.80 Å². The molecule has 0 saturated carbocycles.